The van der Waals surface area contributed by atoms with Crippen LogP contribution in [0.3, 0.4) is 0 Å². The van der Waals surface area contributed by atoms with Gasteiger partial charge in [-0.15, -0.1) is 0 Å². The predicted molar refractivity (Wildman–Crippen MR) is 76.2 cm³/mol. The van der Waals surface area contributed by atoms with Gasteiger partial charge in [-0.3, -0.25) is 39.7 Å². The van der Waals surface area contributed by atoms with E-state index in [0.717, 1.165) is 10.8 Å². The molecule has 1 aromatic heterocycles. The Balaban J connectivity index is 2.46. The lowest BCUT2D eigenvalue weighted by atomic mass is 10.2. The minimum Gasteiger partial charge on any atom is -0.298 e. The highest BCUT2D eigenvalue weighted by Gasteiger charge is 2.21. The Kier molecular flexibility index (Phi) is 4.12. The summed E-state index contributed by atoms with van der Waals surface area (Å²) in [4.78, 5) is 41.7. The fraction of sp³-hybridized carbons (Fsp3) is 0.0833. The second kappa shape index (κ2) is 6.01. The molecule has 0 atom stereocenters. The highest BCUT2D eigenvalue weighted by molar-refractivity contribution is 5.40. The van der Waals surface area contributed by atoms with Crippen molar-refractivity contribution in [3.8, 4) is 0 Å². The first-order valence-corrected chi connectivity index (χ1v) is 6.06. The van der Waals surface area contributed by atoms with Gasteiger partial charge in [0.1, 0.15) is 6.07 Å². The Morgan fingerprint density at radius 1 is 0.870 bits per heavy atom. The average molecular weight is 320 g/mol. The minimum absolute atomic E-state index is 0.161. The lowest BCUT2D eigenvalue weighted by Gasteiger charge is -2.05. The molecule has 118 valence electrons. The number of pyridine rings is 1. The fourth-order valence-corrected chi connectivity index (χ4v) is 1.87. The van der Waals surface area contributed by atoms with Gasteiger partial charge in [-0.1, -0.05) is 12.1 Å². The molecule has 1 heterocycles. The molecule has 2 rings (SSSR count). The first-order valence-electron chi connectivity index (χ1n) is 6.06. The molecule has 2 aromatic rings. The molecule has 0 fully saturated rings. The van der Waals surface area contributed by atoms with E-state index in [0.29, 0.717) is 11.6 Å². The van der Waals surface area contributed by atoms with Crippen LogP contribution >= 0.6 is 0 Å². The third-order valence-electron chi connectivity index (χ3n) is 2.96. The monoisotopic (exact) mass is 320 g/mol. The molecule has 0 radical (unpaired) electrons. The smallest absolute Gasteiger partial charge is 0.298 e. The van der Waals surface area contributed by atoms with Crippen LogP contribution in [-0.4, -0.2) is 19.3 Å². The van der Waals surface area contributed by atoms with Crippen LogP contribution < -0.4 is 5.56 Å². The normalized spacial score (nSPS) is 10.3. The molecule has 23 heavy (non-hydrogen) atoms. The van der Waals surface area contributed by atoms with Crippen molar-refractivity contribution in [1.29, 1.82) is 0 Å². The molecule has 0 aliphatic rings. The SMILES string of the molecule is O=c1c([N+](=O)[O-])cc([N+](=O)[O-])cn1Cc1ccc([N+](=O)[O-])cc1. The number of benzene rings is 1. The zero-order valence-electron chi connectivity index (χ0n) is 11.3. The van der Waals surface area contributed by atoms with Crippen molar-refractivity contribution < 1.29 is 14.8 Å². The Bertz CT molecular complexity index is 857. The number of aromatic nitrogens is 1. The van der Waals surface area contributed by atoms with E-state index in [1.165, 1.54) is 24.3 Å². The first-order chi connectivity index (χ1) is 10.8. The lowest BCUT2D eigenvalue weighted by Crippen LogP contribution is -2.23. The number of hydrogen-bond acceptors (Lipinski definition) is 7. The quantitative estimate of drug-likeness (QED) is 0.599. The van der Waals surface area contributed by atoms with Crippen molar-refractivity contribution in [2.24, 2.45) is 0 Å². The lowest BCUT2D eigenvalue weighted by molar-refractivity contribution is -0.395. The molecule has 0 saturated heterocycles. The van der Waals surface area contributed by atoms with Crippen LogP contribution in [0.4, 0.5) is 17.1 Å². The number of nitro groups is 3. The molecule has 0 unspecified atom stereocenters. The maximum Gasteiger partial charge on any atom is 0.340 e. The maximum atomic E-state index is 12.0. The van der Waals surface area contributed by atoms with E-state index in [-0.39, 0.29) is 12.2 Å². The van der Waals surface area contributed by atoms with Crippen LogP contribution in [0.25, 0.3) is 0 Å². The van der Waals surface area contributed by atoms with Gasteiger partial charge in [0.15, 0.2) is 0 Å². The maximum absolute atomic E-state index is 12.0. The van der Waals surface area contributed by atoms with Crippen molar-refractivity contribution >= 4 is 17.1 Å². The van der Waals surface area contributed by atoms with E-state index in [1.807, 2.05) is 0 Å². The van der Waals surface area contributed by atoms with Crippen LogP contribution in [0.2, 0.25) is 0 Å². The molecule has 0 aliphatic heterocycles. The average Bonchev–Trinajstić information content (AvgIpc) is 2.49. The van der Waals surface area contributed by atoms with E-state index >= 15 is 0 Å². The Morgan fingerprint density at radius 3 is 1.91 bits per heavy atom. The standard InChI is InChI=1S/C12H8N4O7/c17-12-11(16(22)23)5-10(15(20)21)7-13(12)6-8-1-3-9(4-2-8)14(18)19/h1-5,7H,6H2. The molecule has 11 heteroatoms. The van der Waals surface area contributed by atoms with E-state index < -0.39 is 31.7 Å². The number of nitrogens with zero attached hydrogens (tertiary/aromatic N) is 4. The highest BCUT2D eigenvalue weighted by atomic mass is 16.6. The third-order valence-corrected chi connectivity index (χ3v) is 2.96. The first kappa shape index (κ1) is 15.8. The van der Waals surface area contributed by atoms with Crippen molar-refractivity contribution in [3.63, 3.8) is 0 Å². The van der Waals surface area contributed by atoms with Gasteiger partial charge < -0.3 is 0 Å². The van der Waals surface area contributed by atoms with Gasteiger partial charge in [-0.2, -0.15) is 0 Å². The summed E-state index contributed by atoms with van der Waals surface area (Å²) >= 11 is 0. The molecule has 1 aromatic carbocycles. The Morgan fingerprint density at radius 2 is 1.43 bits per heavy atom. The Hall–Kier alpha value is -3.63. The van der Waals surface area contributed by atoms with Gasteiger partial charge in [-0.25, -0.2) is 0 Å². The van der Waals surface area contributed by atoms with Crippen molar-refractivity contribution in [2.45, 2.75) is 6.54 Å². The number of non-ortho nitro benzene ring substituents is 1. The number of rotatable bonds is 5. The number of nitro benzene ring substituents is 1. The van der Waals surface area contributed by atoms with Crippen LogP contribution in [0.5, 0.6) is 0 Å². The third kappa shape index (κ3) is 3.34. The molecule has 0 bridgehead atoms. The zero-order chi connectivity index (χ0) is 17.1. The molecule has 0 N–H and O–H groups in total. The van der Waals surface area contributed by atoms with Gasteiger partial charge in [0, 0.05) is 12.1 Å². The van der Waals surface area contributed by atoms with E-state index in [1.54, 1.807) is 0 Å². The summed E-state index contributed by atoms with van der Waals surface area (Å²) in [7, 11) is 0. The van der Waals surface area contributed by atoms with Crippen LogP contribution in [0, 0.1) is 30.3 Å². The van der Waals surface area contributed by atoms with E-state index in [4.69, 9.17) is 0 Å². The largest absolute Gasteiger partial charge is 0.340 e. The van der Waals surface area contributed by atoms with Gasteiger partial charge in [0.25, 0.3) is 11.4 Å². The molecule has 0 spiro atoms. The summed E-state index contributed by atoms with van der Waals surface area (Å²) in [5.41, 5.74) is -2.25. The molecule has 11 nitrogen and oxygen atoms in total. The van der Waals surface area contributed by atoms with Gasteiger partial charge >= 0.3 is 11.2 Å². The van der Waals surface area contributed by atoms with Crippen molar-refractivity contribution in [1.82, 2.24) is 4.57 Å². The summed E-state index contributed by atoms with van der Waals surface area (Å²) in [6.45, 7) is -0.195. The van der Waals surface area contributed by atoms with Gasteiger partial charge in [0.05, 0.1) is 27.5 Å². The molecule has 0 saturated carbocycles. The van der Waals surface area contributed by atoms with E-state index in [2.05, 4.69) is 0 Å². The molecule has 0 aliphatic carbocycles. The minimum atomic E-state index is -1.00. The summed E-state index contributed by atoms with van der Waals surface area (Å²) in [5, 5.41) is 32.2. The van der Waals surface area contributed by atoms with Crippen LogP contribution in [-0.2, 0) is 6.54 Å². The second-order valence-electron chi connectivity index (χ2n) is 4.45. The fourth-order valence-electron chi connectivity index (χ4n) is 1.87. The van der Waals surface area contributed by atoms with Gasteiger partial charge in [-0.05, 0) is 5.56 Å². The van der Waals surface area contributed by atoms with Crippen molar-refractivity contribution in [3.05, 3.63) is 82.8 Å². The topological polar surface area (TPSA) is 151 Å². The molecule has 0 amide bonds. The summed E-state index contributed by atoms with van der Waals surface area (Å²) in [6, 6.07) is 5.71. The zero-order valence-corrected chi connectivity index (χ0v) is 11.3. The van der Waals surface area contributed by atoms with Crippen LogP contribution in [0.15, 0.2) is 41.3 Å². The summed E-state index contributed by atoms with van der Waals surface area (Å²) in [6.07, 6.45) is 0.886. The summed E-state index contributed by atoms with van der Waals surface area (Å²) < 4.78 is 0.817. The van der Waals surface area contributed by atoms with E-state index in [9.17, 15) is 35.1 Å². The molecular weight excluding hydrogens is 312 g/mol. The predicted octanol–water partition coefficient (Wildman–Crippen LogP) is 1.62. The Labute approximate surface area is 126 Å². The van der Waals surface area contributed by atoms with Crippen molar-refractivity contribution in [2.75, 3.05) is 0 Å². The van der Waals surface area contributed by atoms with Crippen LogP contribution in [0.1, 0.15) is 5.56 Å². The summed E-state index contributed by atoms with van der Waals surface area (Å²) in [5.74, 6) is 0. The number of hydrogen-bond donors (Lipinski definition) is 0. The molecular formula is C12H8N4O7. The van der Waals surface area contributed by atoms with Gasteiger partial charge in [0.2, 0.25) is 0 Å². The highest BCUT2D eigenvalue weighted by Crippen LogP contribution is 2.17. The second-order valence-corrected chi connectivity index (χ2v) is 4.45.